The summed E-state index contributed by atoms with van der Waals surface area (Å²) in [5.74, 6) is -0.0333. The molecule has 0 aliphatic rings. The van der Waals surface area contributed by atoms with E-state index in [1.165, 1.54) is 19.3 Å². The summed E-state index contributed by atoms with van der Waals surface area (Å²) >= 11 is 0. The number of ether oxygens (including phenoxy) is 2. The molecule has 1 rings (SSSR count). The molecule has 0 aliphatic heterocycles. The van der Waals surface area contributed by atoms with E-state index < -0.39 is 0 Å². The molecule has 0 aromatic heterocycles. The largest absolute Gasteiger partial charge is 0.423 e. The summed E-state index contributed by atoms with van der Waals surface area (Å²) in [5, 5.41) is 0. The zero-order chi connectivity index (χ0) is 16.4. The van der Waals surface area contributed by atoms with E-state index in [1.807, 2.05) is 6.07 Å². The van der Waals surface area contributed by atoms with Gasteiger partial charge in [-0.25, -0.2) is 0 Å². The van der Waals surface area contributed by atoms with Gasteiger partial charge in [0.1, 0.15) is 0 Å². The first-order valence-electron chi connectivity index (χ1n) is 8.14. The molecule has 0 bridgehead atoms. The highest BCUT2D eigenvalue weighted by atomic mass is 16.6. The van der Waals surface area contributed by atoms with Gasteiger partial charge in [-0.1, -0.05) is 46.1 Å². The first kappa shape index (κ1) is 18.2. The number of carbonyl (C=O) groups excluding carboxylic acids is 2. The van der Waals surface area contributed by atoms with Crippen molar-refractivity contribution >= 4 is 11.9 Å². The lowest BCUT2D eigenvalue weighted by Crippen LogP contribution is -2.10. The maximum atomic E-state index is 11.5. The summed E-state index contributed by atoms with van der Waals surface area (Å²) < 4.78 is 10.5. The van der Waals surface area contributed by atoms with Crippen LogP contribution in [0.15, 0.2) is 18.2 Å². The molecule has 22 heavy (non-hydrogen) atoms. The van der Waals surface area contributed by atoms with Gasteiger partial charge in [-0.05, 0) is 30.5 Å². The van der Waals surface area contributed by atoms with E-state index in [0.717, 1.165) is 18.4 Å². The maximum Gasteiger partial charge on any atom is 0.311 e. The topological polar surface area (TPSA) is 52.6 Å². The monoisotopic (exact) mass is 306 g/mol. The van der Waals surface area contributed by atoms with Crippen molar-refractivity contribution in [1.29, 1.82) is 0 Å². The first-order chi connectivity index (χ1) is 10.6. The number of esters is 2. The lowest BCUT2D eigenvalue weighted by atomic mass is 10.1. The summed E-state index contributed by atoms with van der Waals surface area (Å²) in [6, 6.07) is 5.44. The van der Waals surface area contributed by atoms with Crippen molar-refractivity contribution in [3.8, 4) is 11.5 Å². The molecular weight excluding hydrogens is 280 g/mol. The highest BCUT2D eigenvalue weighted by Crippen LogP contribution is 2.30. The van der Waals surface area contributed by atoms with E-state index in [-0.39, 0.29) is 24.8 Å². The summed E-state index contributed by atoms with van der Waals surface area (Å²) in [7, 11) is 0. The number of hydrogen-bond acceptors (Lipinski definition) is 4. The standard InChI is InChI=1S/C18H26O4/c1-4-7-8-9-10-14-11-12-15(21-17(19)5-2)16(13-14)22-18(20)6-3/h11-13H,4-10H2,1-3H3. The minimum absolute atomic E-state index is 0.278. The summed E-state index contributed by atoms with van der Waals surface area (Å²) in [6.45, 7) is 5.63. The second kappa shape index (κ2) is 9.98. The third-order valence-electron chi connectivity index (χ3n) is 3.35. The number of benzene rings is 1. The van der Waals surface area contributed by atoms with Gasteiger partial charge in [0.05, 0.1) is 0 Å². The van der Waals surface area contributed by atoms with Crippen LogP contribution in [0.4, 0.5) is 0 Å². The van der Waals surface area contributed by atoms with E-state index in [0.29, 0.717) is 11.5 Å². The van der Waals surface area contributed by atoms with Crippen LogP contribution in [0.3, 0.4) is 0 Å². The van der Waals surface area contributed by atoms with Gasteiger partial charge < -0.3 is 9.47 Å². The molecule has 0 amide bonds. The Morgan fingerprint density at radius 2 is 1.50 bits per heavy atom. The number of rotatable bonds is 9. The quantitative estimate of drug-likeness (QED) is 0.384. The fraction of sp³-hybridized carbons (Fsp3) is 0.556. The Morgan fingerprint density at radius 3 is 2.09 bits per heavy atom. The molecule has 0 radical (unpaired) electrons. The molecule has 1 aromatic carbocycles. The van der Waals surface area contributed by atoms with Gasteiger partial charge in [-0.3, -0.25) is 9.59 Å². The van der Waals surface area contributed by atoms with Crippen molar-refractivity contribution in [2.45, 2.75) is 65.7 Å². The Morgan fingerprint density at radius 1 is 0.864 bits per heavy atom. The highest BCUT2D eigenvalue weighted by Gasteiger charge is 2.13. The van der Waals surface area contributed by atoms with Gasteiger partial charge in [0.25, 0.3) is 0 Å². The first-order valence-corrected chi connectivity index (χ1v) is 8.14. The molecule has 0 N–H and O–H groups in total. The summed E-state index contributed by atoms with van der Waals surface area (Å²) in [4.78, 5) is 23.0. The lowest BCUT2D eigenvalue weighted by Gasteiger charge is -2.11. The fourth-order valence-electron chi connectivity index (χ4n) is 2.02. The van der Waals surface area contributed by atoms with Crippen LogP contribution in [0.1, 0.15) is 64.9 Å². The Bertz CT molecular complexity index is 494. The van der Waals surface area contributed by atoms with Gasteiger partial charge in [0, 0.05) is 12.8 Å². The van der Waals surface area contributed by atoms with Crippen LogP contribution in [0.25, 0.3) is 0 Å². The molecular formula is C18H26O4. The van der Waals surface area contributed by atoms with Crippen LogP contribution >= 0.6 is 0 Å². The van der Waals surface area contributed by atoms with Gasteiger partial charge >= 0.3 is 11.9 Å². The molecule has 122 valence electrons. The average Bonchev–Trinajstić information content (AvgIpc) is 2.53. The van der Waals surface area contributed by atoms with E-state index >= 15 is 0 Å². The molecule has 0 fully saturated rings. The van der Waals surface area contributed by atoms with Gasteiger partial charge in [-0.15, -0.1) is 0 Å². The van der Waals surface area contributed by atoms with Crippen molar-refractivity contribution in [2.75, 3.05) is 0 Å². The van der Waals surface area contributed by atoms with Crippen molar-refractivity contribution in [2.24, 2.45) is 0 Å². The van der Waals surface area contributed by atoms with Crippen molar-refractivity contribution in [3.63, 3.8) is 0 Å². The SMILES string of the molecule is CCCCCCc1ccc(OC(=O)CC)c(OC(=O)CC)c1. The Kier molecular flexibility index (Phi) is 8.26. The molecule has 0 heterocycles. The lowest BCUT2D eigenvalue weighted by molar-refractivity contribution is -0.136. The fourth-order valence-corrected chi connectivity index (χ4v) is 2.02. The van der Waals surface area contributed by atoms with E-state index in [1.54, 1.807) is 26.0 Å². The molecule has 4 nitrogen and oxygen atoms in total. The molecule has 1 aromatic rings. The number of hydrogen-bond donors (Lipinski definition) is 0. The van der Waals surface area contributed by atoms with Crippen LogP contribution in [0.5, 0.6) is 11.5 Å². The van der Waals surface area contributed by atoms with Crippen molar-refractivity contribution < 1.29 is 19.1 Å². The molecule has 0 aliphatic carbocycles. The Balaban J connectivity index is 2.83. The number of aryl methyl sites for hydroxylation is 1. The minimum atomic E-state index is -0.343. The average molecular weight is 306 g/mol. The third-order valence-corrected chi connectivity index (χ3v) is 3.35. The minimum Gasteiger partial charge on any atom is -0.423 e. The van der Waals surface area contributed by atoms with Crippen LogP contribution in [0, 0.1) is 0 Å². The summed E-state index contributed by atoms with van der Waals surface area (Å²) in [5.41, 5.74) is 1.09. The van der Waals surface area contributed by atoms with Gasteiger partial charge in [-0.2, -0.15) is 0 Å². The number of unbranched alkanes of at least 4 members (excludes halogenated alkanes) is 3. The maximum absolute atomic E-state index is 11.5. The molecule has 0 saturated carbocycles. The smallest absolute Gasteiger partial charge is 0.311 e. The normalized spacial score (nSPS) is 10.3. The van der Waals surface area contributed by atoms with Crippen LogP contribution in [-0.2, 0) is 16.0 Å². The second-order valence-corrected chi connectivity index (χ2v) is 5.25. The molecule has 0 saturated heterocycles. The zero-order valence-corrected chi connectivity index (χ0v) is 13.8. The van der Waals surface area contributed by atoms with Gasteiger partial charge in [0.2, 0.25) is 0 Å². The zero-order valence-electron chi connectivity index (χ0n) is 13.8. The molecule has 0 spiro atoms. The molecule has 0 unspecified atom stereocenters. The van der Waals surface area contributed by atoms with Crippen molar-refractivity contribution in [1.82, 2.24) is 0 Å². The van der Waals surface area contributed by atoms with E-state index in [9.17, 15) is 9.59 Å². The number of carbonyl (C=O) groups is 2. The van der Waals surface area contributed by atoms with Gasteiger partial charge in [0.15, 0.2) is 11.5 Å². The predicted octanol–water partition coefficient (Wildman–Crippen LogP) is 4.44. The second-order valence-electron chi connectivity index (χ2n) is 5.25. The highest BCUT2D eigenvalue weighted by molar-refractivity contribution is 5.76. The molecule has 4 heteroatoms. The summed E-state index contributed by atoms with van der Waals surface area (Å²) in [6.07, 6.45) is 6.20. The van der Waals surface area contributed by atoms with Crippen LogP contribution in [-0.4, -0.2) is 11.9 Å². The third kappa shape index (κ3) is 6.29. The Labute approximate surface area is 132 Å². The van der Waals surface area contributed by atoms with Crippen LogP contribution < -0.4 is 9.47 Å². The van der Waals surface area contributed by atoms with Crippen molar-refractivity contribution in [3.05, 3.63) is 23.8 Å². The van der Waals surface area contributed by atoms with E-state index in [2.05, 4.69) is 6.92 Å². The van der Waals surface area contributed by atoms with E-state index in [4.69, 9.17) is 9.47 Å². The molecule has 0 atom stereocenters. The Hall–Kier alpha value is -1.84. The predicted molar refractivity (Wildman–Crippen MR) is 86.1 cm³/mol. The van der Waals surface area contributed by atoms with Crippen LogP contribution in [0.2, 0.25) is 0 Å².